The van der Waals surface area contributed by atoms with E-state index in [0.29, 0.717) is 16.2 Å². The van der Waals surface area contributed by atoms with Crippen molar-refractivity contribution in [2.24, 2.45) is 69.5 Å². The molecular weight excluding hydrogens is 448 g/mol. The Morgan fingerprint density at radius 1 is 0.441 bits per heavy atom. The molecule has 0 heterocycles. The Labute approximate surface area is 225 Å². The quantitative estimate of drug-likeness (QED) is 0.287. The molecule has 1 heteroatoms. The molecule has 6 saturated carbocycles. The van der Waals surface area contributed by atoms with E-state index in [0.717, 1.165) is 53.3 Å². The summed E-state index contributed by atoms with van der Waals surface area (Å²) in [5.41, 5.74) is 2.02. The fourth-order valence-corrected chi connectivity index (χ4v) is 10.3. The first-order valence-electron chi connectivity index (χ1n) is 14.7. The van der Waals surface area contributed by atoms with Crippen molar-refractivity contribution >= 4 is 0 Å². The molecule has 6 aliphatic rings. The average molecular weight is 506 g/mol. The zero-order chi connectivity index (χ0) is 24.7. The molecule has 0 aromatic carbocycles. The van der Waals surface area contributed by atoms with E-state index in [1.807, 2.05) is 17.8 Å². The van der Waals surface area contributed by atoms with Crippen LogP contribution in [0, 0.1) is 87.3 Å². The van der Waals surface area contributed by atoms with Crippen molar-refractivity contribution in [3.63, 3.8) is 0 Å². The fraction of sp³-hybridized carbons (Fsp3) is 0.909. The number of rotatable bonds is 0. The Bertz CT molecular complexity index is 620. The topological polar surface area (TPSA) is 0 Å². The number of hydrogen-bond acceptors (Lipinski definition) is 0. The van der Waals surface area contributed by atoms with E-state index in [9.17, 15) is 0 Å². The maximum absolute atomic E-state index is 2.48. The molecule has 12 atom stereocenters. The second-order valence-electron chi connectivity index (χ2n) is 15.3. The molecule has 195 valence electrons. The Kier molecular flexibility index (Phi) is 8.29. The van der Waals surface area contributed by atoms with Gasteiger partial charge in [-0.25, -0.2) is 0 Å². The maximum Gasteiger partial charge on any atom is 3.00 e. The Morgan fingerprint density at radius 2 is 0.647 bits per heavy atom. The molecule has 0 nitrogen and oxygen atoms in total. The van der Waals surface area contributed by atoms with Gasteiger partial charge in [0, 0.05) is 0 Å². The van der Waals surface area contributed by atoms with Gasteiger partial charge >= 0.3 is 17.4 Å². The summed E-state index contributed by atoms with van der Waals surface area (Å²) in [6, 6.07) is 0. The molecule has 12 unspecified atom stereocenters. The minimum Gasteiger partial charge on any atom is -0.307 e. The third-order valence-corrected chi connectivity index (χ3v) is 13.3. The SMILES string of the molecule is CC1CC2(C)C[C-]1C(C)C2C.CC1CC2(C)C[C-]1C(C)C2C.CC1CC2(C)C[C-]1C(C)C2C.[Cr+3]. The summed E-state index contributed by atoms with van der Waals surface area (Å²) in [6.07, 6.45) is 8.64. The van der Waals surface area contributed by atoms with Crippen molar-refractivity contribution in [1.82, 2.24) is 0 Å². The summed E-state index contributed by atoms with van der Waals surface area (Å²) in [6.45, 7) is 29.2. The Hall–Kier alpha value is 0.532. The summed E-state index contributed by atoms with van der Waals surface area (Å²) in [5.74, 6) is 13.9. The van der Waals surface area contributed by atoms with Gasteiger partial charge in [-0.15, -0.1) is 0 Å². The summed E-state index contributed by atoms with van der Waals surface area (Å²) < 4.78 is 0. The van der Waals surface area contributed by atoms with E-state index in [-0.39, 0.29) is 17.4 Å². The summed E-state index contributed by atoms with van der Waals surface area (Å²) in [7, 11) is 0. The second kappa shape index (κ2) is 9.69. The van der Waals surface area contributed by atoms with Crippen LogP contribution in [0.15, 0.2) is 0 Å². The van der Waals surface area contributed by atoms with Gasteiger partial charge < -0.3 is 17.8 Å². The van der Waals surface area contributed by atoms with Crippen molar-refractivity contribution < 1.29 is 17.4 Å². The first-order chi connectivity index (χ1) is 15.1. The summed E-state index contributed by atoms with van der Waals surface area (Å²) in [5, 5.41) is 0. The molecule has 0 amide bonds. The van der Waals surface area contributed by atoms with Crippen molar-refractivity contribution in [3.05, 3.63) is 17.8 Å². The van der Waals surface area contributed by atoms with Gasteiger partial charge in [-0.3, -0.25) is 0 Å². The van der Waals surface area contributed by atoms with Crippen LogP contribution in [0.1, 0.15) is 122 Å². The van der Waals surface area contributed by atoms with Crippen LogP contribution >= 0.6 is 0 Å². The van der Waals surface area contributed by atoms with Crippen LogP contribution in [-0.2, 0) is 17.4 Å². The van der Waals surface area contributed by atoms with Crippen LogP contribution in [0.25, 0.3) is 0 Å². The van der Waals surface area contributed by atoms with Gasteiger partial charge in [0.15, 0.2) is 0 Å². The van der Waals surface area contributed by atoms with Crippen LogP contribution in [0.4, 0.5) is 0 Å². The molecule has 0 saturated heterocycles. The van der Waals surface area contributed by atoms with E-state index < -0.39 is 0 Å². The Balaban J connectivity index is 0.000000141. The number of fused-ring (bicyclic) bond motifs is 6. The first-order valence-corrected chi connectivity index (χ1v) is 14.7. The molecule has 1 radical (unpaired) electrons. The van der Waals surface area contributed by atoms with Crippen LogP contribution in [-0.4, -0.2) is 0 Å². The van der Waals surface area contributed by atoms with Gasteiger partial charge in [0.05, 0.1) is 0 Å². The second-order valence-corrected chi connectivity index (χ2v) is 15.3. The van der Waals surface area contributed by atoms with Crippen LogP contribution < -0.4 is 0 Å². The standard InChI is InChI=1S/3C11H19.Cr/c3*1-7-5-11(4)6-10(7)8(2)9(11)3;/h3*7-9H,5-6H2,1-4H3;/q3*-1;+3. The van der Waals surface area contributed by atoms with Crippen molar-refractivity contribution in [3.8, 4) is 0 Å². The van der Waals surface area contributed by atoms with E-state index in [4.69, 9.17) is 0 Å². The van der Waals surface area contributed by atoms with Crippen LogP contribution in [0.2, 0.25) is 0 Å². The molecule has 0 N–H and O–H groups in total. The van der Waals surface area contributed by atoms with Crippen molar-refractivity contribution in [2.75, 3.05) is 0 Å². The van der Waals surface area contributed by atoms with Gasteiger partial charge in [-0.1, -0.05) is 136 Å². The molecule has 0 aromatic rings. The summed E-state index contributed by atoms with van der Waals surface area (Å²) >= 11 is 0. The summed E-state index contributed by atoms with van der Waals surface area (Å²) in [4.78, 5) is 0. The van der Waals surface area contributed by atoms with Gasteiger partial charge in [0.1, 0.15) is 0 Å². The molecular formula is C33H57Cr. The van der Waals surface area contributed by atoms with Crippen LogP contribution in [0.3, 0.4) is 0 Å². The molecule has 34 heavy (non-hydrogen) atoms. The average Bonchev–Trinajstić information content (AvgIpc) is 3.48. The van der Waals surface area contributed by atoms with Gasteiger partial charge in [0.25, 0.3) is 0 Å². The van der Waals surface area contributed by atoms with Crippen LogP contribution in [0.5, 0.6) is 0 Å². The van der Waals surface area contributed by atoms with E-state index in [1.165, 1.54) is 38.5 Å². The molecule has 6 aliphatic carbocycles. The predicted octanol–water partition coefficient (Wildman–Crippen LogP) is 9.85. The number of hydrogen-bond donors (Lipinski definition) is 0. The first kappa shape index (κ1) is 29.1. The molecule has 0 spiro atoms. The predicted molar refractivity (Wildman–Crippen MR) is 144 cm³/mol. The normalized spacial score (nSPS) is 55.6. The molecule has 0 aromatic heterocycles. The largest absolute Gasteiger partial charge is 3.00 e. The third-order valence-electron chi connectivity index (χ3n) is 13.3. The molecule has 6 bridgehead atoms. The van der Waals surface area contributed by atoms with E-state index >= 15 is 0 Å². The van der Waals surface area contributed by atoms with Gasteiger partial charge in [0.2, 0.25) is 0 Å². The molecule has 6 fully saturated rings. The fourth-order valence-electron chi connectivity index (χ4n) is 10.3. The zero-order valence-electron chi connectivity index (χ0n) is 24.8. The minimum atomic E-state index is 0. The minimum absolute atomic E-state index is 0. The van der Waals surface area contributed by atoms with Gasteiger partial charge in [-0.2, -0.15) is 54.8 Å². The zero-order valence-corrected chi connectivity index (χ0v) is 26.1. The Morgan fingerprint density at radius 3 is 0.765 bits per heavy atom. The van der Waals surface area contributed by atoms with Crippen molar-refractivity contribution in [2.45, 2.75) is 122 Å². The van der Waals surface area contributed by atoms with Gasteiger partial charge in [-0.05, 0) is 0 Å². The smallest absolute Gasteiger partial charge is 0.307 e. The monoisotopic (exact) mass is 505 g/mol. The molecule has 0 aliphatic heterocycles. The third kappa shape index (κ3) is 4.53. The van der Waals surface area contributed by atoms with E-state index in [2.05, 4.69) is 83.1 Å². The van der Waals surface area contributed by atoms with Crippen molar-refractivity contribution in [1.29, 1.82) is 0 Å². The maximum atomic E-state index is 2.48. The van der Waals surface area contributed by atoms with E-state index in [1.54, 1.807) is 0 Å². The molecule has 6 rings (SSSR count).